The minimum Gasteiger partial charge on any atom is -0.384 e. The topological polar surface area (TPSA) is 43.8 Å². The molecule has 0 aliphatic carbocycles. The molecule has 2 rings (SSSR count). The largest absolute Gasteiger partial charge is 0.384 e. The first-order valence-electron chi connectivity index (χ1n) is 5.96. The molecule has 0 unspecified atom stereocenters. The van der Waals surface area contributed by atoms with Crippen LogP contribution >= 0.6 is 0 Å². The zero-order chi connectivity index (χ0) is 13.3. The number of hydrogen-bond donors (Lipinski definition) is 1. The van der Waals surface area contributed by atoms with E-state index in [1.54, 1.807) is 24.3 Å². The molecule has 0 amide bonds. The fraction of sp³-hybridized carbons (Fsp3) is 0.357. The van der Waals surface area contributed by atoms with Crippen molar-refractivity contribution in [3.05, 3.63) is 41.8 Å². The third kappa shape index (κ3) is 2.70. The molecule has 2 N–H and O–H groups in total. The summed E-state index contributed by atoms with van der Waals surface area (Å²) in [6.07, 6.45) is 0.804. The predicted molar refractivity (Wildman–Crippen MR) is 71.1 cm³/mol. The van der Waals surface area contributed by atoms with Gasteiger partial charge in [-0.3, -0.25) is 0 Å². The predicted octanol–water partition coefficient (Wildman–Crippen LogP) is 3.18. The summed E-state index contributed by atoms with van der Waals surface area (Å²) >= 11 is 0. The Balaban J connectivity index is 2.39. The molecule has 1 aromatic carbocycles. The van der Waals surface area contributed by atoms with Crippen molar-refractivity contribution in [3.8, 4) is 5.69 Å². The Labute approximate surface area is 106 Å². The monoisotopic (exact) mass is 247 g/mol. The highest BCUT2D eigenvalue weighted by molar-refractivity contribution is 5.43. The van der Waals surface area contributed by atoms with Crippen molar-refractivity contribution < 1.29 is 4.39 Å². The Morgan fingerprint density at radius 2 is 1.94 bits per heavy atom. The van der Waals surface area contributed by atoms with Crippen LogP contribution in [0.5, 0.6) is 0 Å². The van der Waals surface area contributed by atoms with Gasteiger partial charge in [-0.1, -0.05) is 32.9 Å². The van der Waals surface area contributed by atoms with Crippen LogP contribution in [-0.2, 0) is 6.42 Å². The van der Waals surface area contributed by atoms with Crippen LogP contribution in [0.4, 0.5) is 10.2 Å². The van der Waals surface area contributed by atoms with Gasteiger partial charge in [0.25, 0.3) is 0 Å². The van der Waals surface area contributed by atoms with Crippen molar-refractivity contribution in [1.29, 1.82) is 0 Å². The van der Waals surface area contributed by atoms with Crippen LogP contribution in [-0.4, -0.2) is 9.78 Å². The standard InChI is InChI=1S/C14H18FN3/c1-14(2,3)9-10-8-13(16)18(17-10)12-7-5-4-6-11(12)15/h4-8H,9,16H2,1-3H3. The van der Waals surface area contributed by atoms with Gasteiger partial charge in [0, 0.05) is 6.07 Å². The normalized spacial score (nSPS) is 11.8. The van der Waals surface area contributed by atoms with E-state index < -0.39 is 0 Å². The fourth-order valence-electron chi connectivity index (χ4n) is 1.89. The van der Waals surface area contributed by atoms with Gasteiger partial charge < -0.3 is 5.73 Å². The van der Waals surface area contributed by atoms with Crippen molar-refractivity contribution >= 4 is 5.82 Å². The number of anilines is 1. The number of para-hydroxylation sites is 1. The van der Waals surface area contributed by atoms with Crippen molar-refractivity contribution in [3.63, 3.8) is 0 Å². The van der Waals surface area contributed by atoms with Crippen molar-refractivity contribution in [1.82, 2.24) is 9.78 Å². The van der Waals surface area contributed by atoms with Crippen LogP contribution in [0, 0.1) is 11.2 Å². The molecule has 2 aromatic rings. The quantitative estimate of drug-likeness (QED) is 0.885. The van der Waals surface area contributed by atoms with Gasteiger partial charge in [0.2, 0.25) is 0 Å². The second-order valence-electron chi connectivity index (χ2n) is 5.66. The summed E-state index contributed by atoms with van der Waals surface area (Å²) in [5.74, 6) is 0.133. The maximum absolute atomic E-state index is 13.7. The Morgan fingerprint density at radius 1 is 1.28 bits per heavy atom. The van der Waals surface area contributed by atoms with E-state index in [1.165, 1.54) is 10.7 Å². The molecule has 1 heterocycles. The van der Waals surface area contributed by atoms with Gasteiger partial charge in [0.1, 0.15) is 17.3 Å². The van der Waals surface area contributed by atoms with Crippen LogP contribution in [0.25, 0.3) is 5.69 Å². The highest BCUT2D eigenvalue weighted by Gasteiger charge is 2.16. The molecule has 0 bridgehead atoms. The van der Waals surface area contributed by atoms with E-state index in [1.807, 2.05) is 0 Å². The van der Waals surface area contributed by atoms with Crippen molar-refractivity contribution in [2.75, 3.05) is 5.73 Å². The van der Waals surface area contributed by atoms with Crippen molar-refractivity contribution in [2.24, 2.45) is 5.41 Å². The minimum absolute atomic E-state index is 0.126. The van der Waals surface area contributed by atoms with Gasteiger partial charge in [0.15, 0.2) is 0 Å². The Morgan fingerprint density at radius 3 is 2.56 bits per heavy atom. The van der Waals surface area contributed by atoms with E-state index in [0.29, 0.717) is 11.5 Å². The van der Waals surface area contributed by atoms with Crippen LogP contribution in [0.3, 0.4) is 0 Å². The van der Waals surface area contributed by atoms with E-state index in [9.17, 15) is 4.39 Å². The molecule has 1 aromatic heterocycles. The van der Waals surface area contributed by atoms with Gasteiger partial charge in [-0.2, -0.15) is 5.10 Å². The number of hydrogen-bond acceptors (Lipinski definition) is 2. The number of halogens is 1. The van der Waals surface area contributed by atoms with Crippen LogP contribution in [0.15, 0.2) is 30.3 Å². The summed E-state index contributed by atoms with van der Waals surface area (Å²) in [5.41, 5.74) is 7.28. The van der Waals surface area contributed by atoms with Gasteiger partial charge >= 0.3 is 0 Å². The lowest BCUT2D eigenvalue weighted by atomic mass is 9.91. The summed E-state index contributed by atoms with van der Waals surface area (Å²) in [5, 5.41) is 4.38. The van der Waals surface area contributed by atoms with Gasteiger partial charge in [-0.25, -0.2) is 9.07 Å². The second kappa shape index (κ2) is 4.44. The lowest BCUT2D eigenvalue weighted by molar-refractivity contribution is 0.405. The lowest BCUT2D eigenvalue weighted by Gasteiger charge is -2.15. The summed E-state index contributed by atoms with van der Waals surface area (Å²) in [6, 6.07) is 8.29. The molecule has 0 spiro atoms. The third-order valence-corrected chi connectivity index (χ3v) is 2.58. The molecule has 0 fully saturated rings. The molecule has 0 saturated carbocycles. The summed E-state index contributed by atoms with van der Waals surface area (Å²) in [4.78, 5) is 0. The lowest BCUT2D eigenvalue weighted by Crippen LogP contribution is -2.10. The Bertz CT molecular complexity index is 552. The number of nitrogens with zero attached hydrogens (tertiary/aromatic N) is 2. The molecular weight excluding hydrogens is 229 g/mol. The zero-order valence-corrected chi connectivity index (χ0v) is 10.9. The number of benzene rings is 1. The van der Waals surface area contributed by atoms with E-state index in [2.05, 4.69) is 25.9 Å². The summed E-state index contributed by atoms with van der Waals surface area (Å²) in [6.45, 7) is 6.39. The van der Waals surface area contributed by atoms with Gasteiger partial charge in [0.05, 0.1) is 5.69 Å². The molecular formula is C14H18FN3. The van der Waals surface area contributed by atoms with Gasteiger partial charge in [-0.05, 0) is 24.0 Å². The van der Waals surface area contributed by atoms with E-state index in [4.69, 9.17) is 5.73 Å². The smallest absolute Gasteiger partial charge is 0.148 e. The maximum atomic E-state index is 13.7. The molecule has 0 aliphatic heterocycles. The van der Waals surface area contributed by atoms with Crippen LogP contribution in [0.1, 0.15) is 26.5 Å². The van der Waals surface area contributed by atoms with E-state index in [-0.39, 0.29) is 11.2 Å². The zero-order valence-electron chi connectivity index (χ0n) is 10.9. The SMILES string of the molecule is CC(C)(C)Cc1cc(N)n(-c2ccccc2F)n1. The molecule has 3 nitrogen and oxygen atoms in total. The molecule has 0 radical (unpaired) electrons. The van der Waals surface area contributed by atoms with Crippen molar-refractivity contribution in [2.45, 2.75) is 27.2 Å². The molecule has 4 heteroatoms. The fourth-order valence-corrected chi connectivity index (χ4v) is 1.89. The molecule has 96 valence electrons. The van der Waals surface area contributed by atoms with Crippen LogP contribution in [0.2, 0.25) is 0 Å². The first kappa shape index (κ1) is 12.6. The number of aromatic nitrogens is 2. The minimum atomic E-state index is -0.324. The second-order valence-corrected chi connectivity index (χ2v) is 5.66. The van der Waals surface area contributed by atoms with E-state index >= 15 is 0 Å². The first-order chi connectivity index (χ1) is 8.37. The number of nitrogen functional groups attached to an aromatic ring is 1. The van der Waals surface area contributed by atoms with E-state index in [0.717, 1.165) is 12.1 Å². The summed E-state index contributed by atoms with van der Waals surface area (Å²) in [7, 11) is 0. The molecule has 18 heavy (non-hydrogen) atoms. The molecule has 0 saturated heterocycles. The summed E-state index contributed by atoms with van der Waals surface area (Å²) < 4.78 is 15.1. The average molecular weight is 247 g/mol. The number of nitrogens with two attached hydrogens (primary N) is 1. The average Bonchev–Trinajstić information content (AvgIpc) is 2.57. The Kier molecular flexibility index (Phi) is 3.11. The Hall–Kier alpha value is -1.84. The van der Waals surface area contributed by atoms with Gasteiger partial charge in [-0.15, -0.1) is 0 Å². The maximum Gasteiger partial charge on any atom is 0.148 e. The number of rotatable bonds is 2. The first-order valence-corrected chi connectivity index (χ1v) is 5.96. The highest BCUT2D eigenvalue weighted by Crippen LogP contribution is 2.23. The third-order valence-electron chi connectivity index (χ3n) is 2.58. The molecule has 0 atom stereocenters. The van der Waals surface area contributed by atoms with Crippen LogP contribution < -0.4 is 5.73 Å². The highest BCUT2D eigenvalue weighted by atomic mass is 19.1. The molecule has 0 aliphatic rings.